The van der Waals surface area contributed by atoms with Gasteiger partial charge in [0.25, 0.3) is 5.56 Å². The summed E-state index contributed by atoms with van der Waals surface area (Å²) in [4.78, 5) is 14.6. The predicted molar refractivity (Wildman–Crippen MR) is 66.6 cm³/mol. The zero-order chi connectivity index (χ0) is 14.2. The highest BCUT2D eigenvalue weighted by molar-refractivity contribution is 9.10. The lowest BCUT2D eigenvalue weighted by atomic mass is 10.2. The molecule has 0 spiro atoms. The van der Waals surface area contributed by atoms with Crippen molar-refractivity contribution in [2.24, 2.45) is 0 Å². The first kappa shape index (κ1) is 14.1. The topological polar surface area (TPSA) is 34.9 Å². The fourth-order valence-corrected chi connectivity index (χ4v) is 1.95. The summed E-state index contributed by atoms with van der Waals surface area (Å²) in [5, 5.41) is -0.183. The summed E-state index contributed by atoms with van der Waals surface area (Å²) in [5.74, 6) is -3.35. The fraction of sp³-hybridized carbons (Fsp3) is 0.0909. The first-order chi connectivity index (χ1) is 8.88. The molecule has 2 aromatic rings. The molecule has 1 heterocycles. The van der Waals surface area contributed by atoms with Gasteiger partial charge in [-0.3, -0.25) is 4.79 Å². The van der Waals surface area contributed by atoms with Gasteiger partial charge in [-0.15, -0.1) is 0 Å². The first-order valence-corrected chi connectivity index (χ1v) is 6.11. The van der Waals surface area contributed by atoms with Crippen molar-refractivity contribution in [3.63, 3.8) is 0 Å². The second-order valence-electron chi connectivity index (χ2n) is 3.65. The highest BCUT2D eigenvalue weighted by Gasteiger charge is 2.12. The van der Waals surface area contributed by atoms with E-state index in [4.69, 9.17) is 11.6 Å². The number of hydrogen-bond acceptors (Lipinski definition) is 2. The van der Waals surface area contributed by atoms with E-state index in [9.17, 15) is 18.0 Å². The molecule has 0 aliphatic rings. The third kappa shape index (κ3) is 2.98. The third-order valence-electron chi connectivity index (χ3n) is 2.33. The Bertz CT molecular complexity index is 705. The number of rotatable bonds is 2. The molecule has 1 aromatic heterocycles. The minimum Gasteiger partial charge on any atom is -0.317 e. The van der Waals surface area contributed by atoms with Gasteiger partial charge in [-0.2, -0.15) is 4.98 Å². The maximum absolute atomic E-state index is 13.5. The molecular formula is C11H5BrClF3N2O. The van der Waals surface area contributed by atoms with Crippen molar-refractivity contribution in [3.8, 4) is 0 Å². The van der Waals surface area contributed by atoms with Gasteiger partial charge in [-0.25, -0.2) is 13.2 Å². The molecule has 0 amide bonds. The molecule has 2 rings (SSSR count). The smallest absolute Gasteiger partial charge is 0.288 e. The predicted octanol–water partition coefficient (Wildman–Crippen LogP) is 3.12. The van der Waals surface area contributed by atoms with Crippen LogP contribution < -0.4 is 5.56 Å². The standard InChI is InChI=1S/C11H5BrClF3N2O/c12-6-4-18(11(13)17-10(6)19)3-5-1-8(15)9(16)2-7(5)14/h1-2,4H,3H2. The van der Waals surface area contributed by atoms with Crippen LogP contribution in [0.25, 0.3) is 0 Å². The zero-order valence-electron chi connectivity index (χ0n) is 9.13. The summed E-state index contributed by atoms with van der Waals surface area (Å²) in [6, 6.07) is 1.18. The summed E-state index contributed by atoms with van der Waals surface area (Å²) in [7, 11) is 0. The zero-order valence-corrected chi connectivity index (χ0v) is 11.5. The average molecular weight is 354 g/mol. The lowest BCUT2D eigenvalue weighted by Crippen LogP contribution is -2.15. The second-order valence-corrected chi connectivity index (χ2v) is 4.84. The molecule has 8 heteroatoms. The van der Waals surface area contributed by atoms with Crippen LogP contribution >= 0.6 is 27.5 Å². The van der Waals surface area contributed by atoms with E-state index >= 15 is 0 Å². The number of hydrogen-bond donors (Lipinski definition) is 0. The third-order valence-corrected chi connectivity index (χ3v) is 3.18. The Balaban J connectivity index is 2.44. The lowest BCUT2D eigenvalue weighted by Gasteiger charge is -2.10. The Morgan fingerprint density at radius 2 is 1.84 bits per heavy atom. The van der Waals surface area contributed by atoms with E-state index in [0.29, 0.717) is 6.07 Å². The van der Waals surface area contributed by atoms with Crippen LogP contribution in [0.15, 0.2) is 27.6 Å². The Morgan fingerprint density at radius 1 is 1.21 bits per heavy atom. The molecule has 0 unspecified atom stereocenters. The van der Waals surface area contributed by atoms with Crippen LogP contribution in [-0.4, -0.2) is 9.55 Å². The molecule has 0 saturated heterocycles. The van der Waals surface area contributed by atoms with Crippen LogP contribution in [0.3, 0.4) is 0 Å². The molecule has 0 N–H and O–H groups in total. The van der Waals surface area contributed by atoms with Crippen LogP contribution in [0.5, 0.6) is 0 Å². The van der Waals surface area contributed by atoms with E-state index in [-0.39, 0.29) is 21.9 Å². The summed E-state index contributed by atoms with van der Waals surface area (Å²) >= 11 is 8.67. The van der Waals surface area contributed by atoms with Crippen LogP contribution in [-0.2, 0) is 6.54 Å². The Kier molecular flexibility index (Phi) is 3.96. The minimum absolute atomic E-state index is 0.113. The second kappa shape index (κ2) is 5.34. The van der Waals surface area contributed by atoms with Gasteiger partial charge in [0.15, 0.2) is 11.6 Å². The minimum atomic E-state index is -1.27. The molecular weight excluding hydrogens is 348 g/mol. The normalized spacial score (nSPS) is 10.8. The summed E-state index contributed by atoms with van der Waals surface area (Å²) in [5.41, 5.74) is -0.690. The first-order valence-electron chi connectivity index (χ1n) is 4.94. The average Bonchev–Trinajstić information content (AvgIpc) is 2.32. The van der Waals surface area contributed by atoms with Gasteiger partial charge in [0.05, 0.1) is 6.54 Å². The fourth-order valence-electron chi connectivity index (χ4n) is 1.43. The van der Waals surface area contributed by atoms with Gasteiger partial charge in [-0.05, 0) is 33.6 Å². The van der Waals surface area contributed by atoms with E-state index in [0.717, 1.165) is 6.07 Å². The van der Waals surface area contributed by atoms with Gasteiger partial charge in [0.1, 0.15) is 10.3 Å². The van der Waals surface area contributed by atoms with Gasteiger partial charge in [0.2, 0.25) is 5.28 Å². The molecule has 0 saturated carbocycles. The number of aromatic nitrogens is 2. The quantitative estimate of drug-likeness (QED) is 0.614. The van der Waals surface area contributed by atoms with Crippen molar-refractivity contribution in [1.82, 2.24) is 9.55 Å². The number of benzene rings is 1. The van der Waals surface area contributed by atoms with Crippen molar-refractivity contribution in [2.75, 3.05) is 0 Å². The monoisotopic (exact) mass is 352 g/mol. The van der Waals surface area contributed by atoms with Crippen molar-refractivity contribution in [2.45, 2.75) is 6.54 Å². The van der Waals surface area contributed by atoms with E-state index in [1.54, 1.807) is 0 Å². The van der Waals surface area contributed by atoms with E-state index in [1.807, 2.05) is 0 Å². The lowest BCUT2D eigenvalue weighted by molar-refractivity contribution is 0.488. The highest BCUT2D eigenvalue weighted by atomic mass is 79.9. The van der Waals surface area contributed by atoms with Crippen LogP contribution in [0.2, 0.25) is 5.28 Å². The van der Waals surface area contributed by atoms with Crippen LogP contribution in [0.1, 0.15) is 5.56 Å². The Hall–Kier alpha value is -1.34. The molecule has 19 heavy (non-hydrogen) atoms. The number of nitrogens with zero attached hydrogens (tertiary/aromatic N) is 2. The van der Waals surface area contributed by atoms with Gasteiger partial charge < -0.3 is 4.57 Å². The molecule has 3 nitrogen and oxygen atoms in total. The molecule has 0 bridgehead atoms. The number of halogens is 5. The van der Waals surface area contributed by atoms with Crippen molar-refractivity contribution < 1.29 is 13.2 Å². The van der Waals surface area contributed by atoms with Crippen molar-refractivity contribution >= 4 is 27.5 Å². The molecule has 0 aliphatic heterocycles. The van der Waals surface area contributed by atoms with Gasteiger partial charge in [-0.1, -0.05) is 0 Å². The van der Waals surface area contributed by atoms with Gasteiger partial charge >= 0.3 is 0 Å². The Morgan fingerprint density at radius 3 is 2.53 bits per heavy atom. The maximum Gasteiger partial charge on any atom is 0.288 e. The highest BCUT2D eigenvalue weighted by Crippen LogP contribution is 2.17. The van der Waals surface area contributed by atoms with Crippen molar-refractivity contribution in [3.05, 3.63) is 61.5 Å². The van der Waals surface area contributed by atoms with Gasteiger partial charge in [0, 0.05) is 17.8 Å². The largest absolute Gasteiger partial charge is 0.317 e. The SMILES string of the molecule is O=c1nc(Cl)n(Cc2cc(F)c(F)cc2F)cc1Br. The maximum atomic E-state index is 13.5. The summed E-state index contributed by atoms with van der Waals surface area (Å²) in [6.07, 6.45) is 1.29. The van der Waals surface area contributed by atoms with Crippen LogP contribution in [0.4, 0.5) is 13.2 Å². The van der Waals surface area contributed by atoms with E-state index < -0.39 is 23.0 Å². The molecule has 1 aromatic carbocycles. The summed E-state index contributed by atoms with van der Waals surface area (Å²) < 4.78 is 40.7. The molecule has 0 radical (unpaired) electrons. The molecule has 100 valence electrons. The Labute approximate surface area is 118 Å². The van der Waals surface area contributed by atoms with Crippen molar-refractivity contribution in [1.29, 1.82) is 0 Å². The summed E-state index contributed by atoms with van der Waals surface area (Å²) in [6.45, 7) is -0.187. The molecule has 0 atom stereocenters. The molecule has 0 aliphatic carbocycles. The molecule has 0 fully saturated rings. The van der Waals surface area contributed by atoms with Crippen LogP contribution in [0, 0.1) is 17.5 Å². The van der Waals surface area contributed by atoms with E-state index in [1.165, 1.54) is 10.8 Å². The van der Waals surface area contributed by atoms with E-state index in [2.05, 4.69) is 20.9 Å².